The molecule has 110 valence electrons. The Hall–Kier alpha value is -1.89. The van der Waals surface area contributed by atoms with Crippen LogP contribution in [0.15, 0.2) is 0 Å². The number of likely N-dealkylation sites (tertiary alicyclic amines) is 1. The number of rotatable bonds is 4. The first-order valence-electron chi connectivity index (χ1n) is 6.63. The smallest absolute Gasteiger partial charge is 0.307 e. The Kier molecular flexibility index (Phi) is 4.08. The van der Waals surface area contributed by atoms with Crippen molar-refractivity contribution in [2.75, 3.05) is 25.0 Å². The van der Waals surface area contributed by atoms with Crippen LogP contribution < -0.4 is 5.32 Å². The highest BCUT2D eigenvalue weighted by molar-refractivity contribution is 5.93. The Morgan fingerprint density at radius 1 is 1.45 bits per heavy atom. The maximum absolute atomic E-state index is 12.0. The van der Waals surface area contributed by atoms with Gasteiger partial charge in [0.05, 0.1) is 29.5 Å². The predicted octanol–water partition coefficient (Wildman–Crippen LogP) is 0.382. The quantitative estimate of drug-likeness (QED) is 0.832. The van der Waals surface area contributed by atoms with E-state index in [2.05, 4.69) is 10.4 Å². The molecule has 1 aromatic heterocycles. The van der Waals surface area contributed by atoms with Gasteiger partial charge in [0.15, 0.2) is 0 Å². The van der Waals surface area contributed by atoms with Gasteiger partial charge < -0.3 is 10.4 Å². The summed E-state index contributed by atoms with van der Waals surface area (Å²) < 4.78 is 1.72. The summed E-state index contributed by atoms with van der Waals surface area (Å²) in [6.45, 7) is 5.05. The summed E-state index contributed by atoms with van der Waals surface area (Å²) in [6, 6.07) is 0. The molecule has 1 fully saturated rings. The molecule has 1 unspecified atom stereocenters. The predicted molar refractivity (Wildman–Crippen MR) is 73.5 cm³/mol. The Bertz CT molecular complexity index is 538. The lowest BCUT2D eigenvalue weighted by molar-refractivity contribution is -0.141. The van der Waals surface area contributed by atoms with Crippen LogP contribution in [0.2, 0.25) is 0 Å². The molecule has 1 saturated heterocycles. The minimum absolute atomic E-state index is 0.129. The zero-order valence-corrected chi connectivity index (χ0v) is 12.0. The molecule has 0 aromatic carbocycles. The molecule has 1 atom stereocenters. The van der Waals surface area contributed by atoms with Crippen LogP contribution in [0.25, 0.3) is 0 Å². The Morgan fingerprint density at radius 2 is 2.15 bits per heavy atom. The van der Waals surface area contributed by atoms with Crippen molar-refractivity contribution in [1.82, 2.24) is 14.7 Å². The molecule has 0 saturated carbocycles. The summed E-state index contributed by atoms with van der Waals surface area (Å²) in [6.07, 6.45) is 0.605. The molecule has 0 radical (unpaired) electrons. The largest absolute Gasteiger partial charge is 0.481 e. The average Bonchev–Trinajstić information content (AvgIpc) is 2.91. The van der Waals surface area contributed by atoms with Crippen LogP contribution in [0.1, 0.15) is 17.8 Å². The van der Waals surface area contributed by atoms with Crippen molar-refractivity contribution in [3.05, 3.63) is 11.4 Å². The number of carbonyl (C=O) groups excluding carboxylic acids is 1. The number of aromatic nitrogens is 2. The lowest BCUT2D eigenvalue weighted by Gasteiger charge is -2.14. The maximum Gasteiger partial charge on any atom is 0.307 e. The maximum atomic E-state index is 12.0. The number of nitrogens with zero attached hydrogens (tertiary/aromatic N) is 3. The molecular weight excluding hydrogens is 260 g/mol. The van der Waals surface area contributed by atoms with Crippen LogP contribution in [0, 0.1) is 19.8 Å². The van der Waals surface area contributed by atoms with Crippen molar-refractivity contribution < 1.29 is 14.7 Å². The number of anilines is 1. The van der Waals surface area contributed by atoms with Crippen molar-refractivity contribution in [2.24, 2.45) is 13.0 Å². The molecular formula is C13H20N4O3. The third-order valence-corrected chi connectivity index (χ3v) is 3.76. The number of carboxylic acids is 1. The zero-order chi connectivity index (χ0) is 14.9. The van der Waals surface area contributed by atoms with Gasteiger partial charge in [-0.25, -0.2) is 0 Å². The van der Waals surface area contributed by atoms with Crippen LogP contribution in [-0.2, 0) is 16.6 Å². The van der Waals surface area contributed by atoms with Gasteiger partial charge in [0, 0.05) is 13.6 Å². The van der Waals surface area contributed by atoms with Gasteiger partial charge in [0.1, 0.15) is 0 Å². The average molecular weight is 280 g/mol. The minimum atomic E-state index is -0.785. The molecule has 0 bridgehead atoms. The van der Waals surface area contributed by atoms with Gasteiger partial charge in [0.2, 0.25) is 5.91 Å². The highest BCUT2D eigenvalue weighted by Gasteiger charge is 2.29. The van der Waals surface area contributed by atoms with E-state index in [0.717, 1.165) is 17.1 Å². The summed E-state index contributed by atoms with van der Waals surface area (Å²) in [4.78, 5) is 24.8. The summed E-state index contributed by atoms with van der Waals surface area (Å²) in [5.41, 5.74) is 2.43. The molecule has 2 rings (SSSR count). The molecule has 7 nitrogen and oxygen atoms in total. The molecule has 2 N–H and O–H groups in total. The van der Waals surface area contributed by atoms with Gasteiger partial charge in [0.25, 0.3) is 0 Å². The SMILES string of the molecule is Cc1nn(C)c(C)c1NC(=O)CN1CCC(C(=O)O)C1. The number of hydrogen-bond donors (Lipinski definition) is 2. The van der Waals surface area contributed by atoms with E-state index in [4.69, 9.17) is 5.11 Å². The Morgan fingerprint density at radius 3 is 2.65 bits per heavy atom. The lowest BCUT2D eigenvalue weighted by Crippen LogP contribution is -2.32. The first-order valence-corrected chi connectivity index (χ1v) is 6.63. The fourth-order valence-electron chi connectivity index (χ4n) is 2.51. The lowest BCUT2D eigenvalue weighted by atomic mass is 10.1. The second-order valence-corrected chi connectivity index (χ2v) is 5.28. The molecule has 1 amide bonds. The summed E-state index contributed by atoms with van der Waals surface area (Å²) in [7, 11) is 1.83. The number of carboxylic acid groups (broad SMARTS) is 1. The molecule has 1 aliphatic heterocycles. The normalized spacial score (nSPS) is 19.2. The zero-order valence-electron chi connectivity index (χ0n) is 12.0. The van der Waals surface area contributed by atoms with Gasteiger partial charge >= 0.3 is 5.97 Å². The second kappa shape index (κ2) is 5.62. The van der Waals surface area contributed by atoms with E-state index in [1.807, 2.05) is 25.8 Å². The summed E-state index contributed by atoms with van der Waals surface area (Å²) in [5, 5.41) is 16.0. The van der Waals surface area contributed by atoms with Gasteiger partial charge in [-0.15, -0.1) is 0 Å². The number of aliphatic carboxylic acids is 1. The van der Waals surface area contributed by atoms with Gasteiger partial charge in [-0.2, -0.15) is 5.10 Å². The van der Waals surface area contributed by atoms with E-state index >= 15 is 0 Å². The van der Waals surface area contributed by atoms with Crippen LogP contribution in [0.5, 0.6) is 0 Å². The monoisotopic (exact) mass is 280 g/mol. The highest BCUT2D eigenvalue weighted by Crippen LogP contribution is 2.19. The molecule has 0 spiro atoms. The van der Waals surface area contributed by atoms with E-state index in [1.54, 1.807) is 4.68 Å². The van der Waals surface area contributed by atoms with E-state index in [9.17, 15) is 9.59 Å². The highest BCUT2D eigenvalue weighted by atomic mass is 16.4. The number of hydrogen-bond acceptors (Lipinski definition) is 4. The molecule has 20 heavy (non-hydrogen) atoms. The van der Waals surface area contributed by atoms with Crippen LogP contribution in [-0.4, -0.2) is 51.3 Å². The van der Waals surface area contributed by atoms with Crippen molar-refractivity contribution in [1.29, 1.82) is 0 Å². The third kappa shape index (κ3) is 2.98. The first-order chi connectivity index (χ1) is 9.38. The number of amides is 1. The van der Waals surface area contributed by atoms with Crippen molar-refractivity contribution >= 4 is 17.6 Å². The molecule has 1 aromatic rings. The van der Waals surface area contributed by atoms with Crippen molar-refractivity contribution in [3.8, 4) is 0 Å². The topological polar surface area (TPSA) is 87.5 Å². The standard InChI is InChI=1S/C13H20N4O3/c1-8-12(9(2)16(3)15-8)14-11(18)7-17-5-4-10(6-17)13(19)20/h10H,4-7H2,1-3H3,(H,14,18)(H,19,20). The van der Waals surface area contributed by atoms with Crippen LogP contribution >= 0.6 is 0 Å². The van der Waals surface area contributed by atoms with Gasteiger partial charge in [-0.05, 0) is 26.8 Å². The number of aryl methyl sites for hydroxylation is 2. The molecule has 0 aliphatic carbocycles. The van der Waals surface area contributed by atoms with Crippen molar-refractivity contribution in [3.63, 3.8) is 0 Å². The van der Waals surface area contributed by atoms with Crippen LogP contribution in [0.3, 0.4) is 0 Å². The summed E-state index contributed by atoms with van der Waals surface area (Å²) in [5.74, 6) is -1.27. The molecule has 7 heteroatoms. The number of nitrogens with one attached hydrogen (secondary N) is 1. The van der Waals surface area contributed by atoms with Crippen LogP contribution in [0.4, 0.5) is 5.69 Å². The third-order valence-electron chi connectivity index (χ3n) is 3.76. The Balaban J connectivity index is 1.92. The van der Waals surface area contributed by atoms with E-state index in [-0.39, 0.29) is 18.4 Å². The Labute approximate surface area is 117 Å². The summed E-state index contributed by atoms with van der Waals surface area (Å²) >= 11 is 0. The fraction of sp³-hybridized carbons (Fsp3) is 0.615. The molecule has 2 heterocycles. The van der Waals surface area contributed by atoms with Crippen molar-refractivity contribution in [2.45, 2.75) is 20.3 Å². The molecule has 1 aliphatic rings. The first kappa shape index (κ1) is 14.5. The second-order valence-electron chi connectivity index (χ2n) is 5.28. The fourth-order valence-corrected chi connectivity index (χ4v) is 2.51. The van der Waals surface area contributed by atoms with E-state index in [0.29, 0.717) is 19.5 Å². The van der Waals surface area contributed by atoms with E-state index < -0.39 is 5.97 Å². The number of carbonyl (C=O) groups is 2. The van der Waals surface area contributed by atoms with Gasteiger partial charge in [-0.1, -0.05) is 0 Å². The van der Waals surface area contributed by atoms with E-state index in [1.165, 1.54) is 0 Å². The minimum Gasteiger partial charge on any atom is -0.481 e. The van der Waals surface area contributed by atoms with Gasteiger partial charge in [-0.3, -0.25) is 19.2 Å².